The van der Waals surface area contributed by atoms with Gasteiger partial charge in [0, 0.05) is 12.1 Å². The predicted octanol–water partition coefficient (Wildman–Crippen LogP) is 2.45. The summed E-state index contributed by atoms with van der Waals surface area (Å²) in [5.74, 6) is 4.33. The highest BCUT2D eigenvalue weighted by Gasteiger charge is 2.65. The molecular formula is C13H15N3O2. The highest BCUT2D eigenvalue weighted by atomic mass is 16.6. The molecule has 4 atom stereocenters. The first-order chi connectivity index (χ1) is 8.74. The van der Waals surface area contributed by atoms with Crippen LogP contribution < -0.4 is 5.32 Å². The van der Waals surface area contributed by atoms with Gasteiger partial charge in [-0.25, -0.2) is 4.98 Å². The Labute approximate surface area is 105 Å². The average molecular weight is 245 g/mol. The van der Waals surface area contributed by atoms with Gasteiger partial charge in [-0.3, -0.25) is 10.1 Å². The monoisotopic (exact) mass is 245 g/mol. The van der Waals surface area contributed by atoms with Crippen LogP contribution in [0.15, 0.2) is 18.3 Å². The molecule has 1 aromatic heterocycles. The van der Waals surface area contributed by atoms with Gasteiger partial charge < -0.3 is 5.32 Å². The molecule has 18 heavy (non-hydrogen) atoms. The van der Waals surface area contributed by atoms with Crippen molar-refractivity contribution in [2.75, 3.05) is 5.32 Å². The van der Waals surface area contributed by atoms with Crippen LogP contribution in [0.3, 0.4) is 0 Å². The van der Waals surface area contributed by atoms with Crippen LogP contribution in [0.2, 0.25) is 0 Å². The topological polar surface area (TPSA) is 68.1 Å². The van der Waals surface area contributed by atoms with E-state index in [2.05, 4.69) is 10.3 Å². The number of hydrogen-bond donors (Lipinski definition) is 1. The highest BCUT2D eigenvalue weighted by molar-refractivity contribution is 5.43. The summed E-state index contributed by atoms with van der Waals surface area (Å²) < 4.78 is 0. The van der Waals surface area contributed by atoms with E-state index in [1.54, 1.807) is 6.07 Å². The largest absolute Gasteiger partial charge is 0.367 e. The molecule has 5 heteroatoms. The molecule has 3 aliphatic carbocycles. The minimum atomic E-state index is -0.414. The minimum Gasteiger partial charge on any atom is -0.367 e. The molecule has 5 nitrogen and oxygen atoms in total. The molecule has 3 aliphatic rings. The van der Waals surface area contributed by atoms with E-state index < -0.39 is 4.92 Å². The second-order valence-electron chi connectivity index (χ2n) is 5.82. The molecule has 1 aromatic rings. The second-order valence-corrected chi connectivity index (χ2v) is 5.82. The molecule has 1 heterocycles. The van der Waals surface area contributed by atoms with Crippen LogP contribution in [0.4, 0.5) is 11.5 Å². The first-order valence-corrected chi connectivity index (χ1v) is 6.61. The van der Waals surface area contributed by atoms with Crippen molar-refractivity contribution in [3.63, 3.8) is 0 Å². The number of anilines is 1. The van der Waals surface area contributed by atoms with Gasteiger partial charge in [-0.1, -0.05) is 0 Å². The fraction of sp³-hybridized carbons (Fsp3) is 0.615. The lowest BCUT2D eigenvalue weighted by atomic mass is 10.0. The normalized spacial score (nSPS) is 39.4. The Morgan fingerprint density at radius 3 is 2.56 bits per heavy atom. The molecule has 0 saturated heterocycles. The van der Waals surface area contributed by atoms with Crippen LogP contribution in [0, 0.1) is 33.8 Å². The zero-order chi connectivity index (χ0) is 12.3. The average Bonchev–Trinajstić information content (AvgIpc) is 2.78. The summed E-state index contributed by atoms with van der Waals surface area (Å²) in [5, 5.41) is 14.0. The molecule has 0 radical (unpaired) electrons. The van der Waals surface area contributed by atoms with Gasteiger partial charge in [-0.05, 0) is 49.0 Å². The first kappa shape index (κ1) is 10.3. The van der Waals surface area contributed by atoms with Crippen molar-refractivity contribution in [1.82, 2.24) is 4.98 Å². The van der Waals surface area contributed by atoms with Gasteiger partial charge >= 0.3 is 0 Å². The number of nitrogens with zero attached hydrogens (tertiary/aromatic N) is 2. The maximum Gasteiger partial charge on any atom is 0.287 e. The van der Waals surface area contributed by atoms with Crippen LogP contribution in [0.5, 0.6) is 0 Å². The summed E-state index contributed by atoms with van der Waals surface area (Å²) in [4.78, 5) is 14.3. The Morgan fingerprint density at radius 1 is 1.28 bits per heavy atom. The van der Waals surface area contributed by atoms with Gasteiger partial charge in [0.15, 0.2) is 0 Å². The zero-order valence-electron chi connectivity index (χ0n) is 9.95. The van der Waals surface area contributed by atoms with Crippen molar-refractivity contribution in [3.8, 4) is 0 Å². The molecule has 0 aliphatic heterocycles. The van der Waals surface area contributed by atoms with Crippen LogP contribution in [0.1, 0.15) is 19.3 Å². The predicted molar refractivity (Wildman–Crippen MR) is 66.1 cm³/mol. The van der Waals surface area contributed by atoms with Gasteiger partial charge in [-0.15, -0.1) is 0 Å². The Morgan fingerprint density at radius 2 is 2.00 bits per heavy atom. The lowest BCUT2D eigenvalue weighted by Gasteiger charge is -2.10. The number of rotatable bonds is 3. The number of nitrogens with one attached hydrogen (secondary N) is 1. The third-order valence-electron chi connectivity index (χ3n) is 5.01. The molecule has 3 fully saturated rings. The molecular weight excluding hydrogens is 230 g/mol. The smallest absolute Gasteiger partial charge is 0.287 e. The minimum absolute atomic E-state index is 0.0524. The second kappa shape index (κ2) is 3.43. The quantitative estimate of drug-likeness (QED) is 0.656. The lowest BCUT2D eigenvalue weighted by Crippen LogP contribution is -2.13. The van der Waals surface area contributed by atoms with E-state index in [0.29, 0.717) is 6.04 Å². The van der Waals surface area contributed by atoms with Crippen LogP contribution in [-0.4, -0.2) is 15.9 Å². The molecule has 4 rings (SSSR count). The van der Waals surface area contributed by atoms with Gasteiger partial charge in [-0.2, -0.15) is 0 Å². The van der Waals surface area contributed by atoms with E-state index in [1.165, 1.54) is 31.5 Å². The summed E-state index contributed by atoms with van der Waals surface area (Å²) in [6.45, 7) is 0. The van der Waals surface area contributed by atoms with Gasteiger partial charge in [0.25, 0.3) is 5.69 Å². The Kier molecular flexibility index (Phi) is 1.96. The van der Waals surface area contributed by atoms with E-state index in [0.717, 1.165) is 29.5 Å². The first-order valence-electron chi connectivity index (χ1n) is 6.61. The van der Waals surface area contributed by atoms with Crippen LogP contribution >= 0.6 is 0 Å². The summed E-state index contributed by atoms with van der Waals surface area (Å²) in [6, 6.07) is 3.81. The van der Waals surface area contributed by atoms with E-state index >= 15 is 0 Å². The Bertz CT molecular complexity index is 485. The van der Waals surface area contributed by atoms with Crippen molar-refractivity contribution < 1.29 is 4.92 Å². The van der Waals surface area contributed by atoms with Crippen molar-refractivity contribution in [2.24, 2.45) is 23.7 Å². The maximum absolute atomic E-state index is 10.5. The summed E-state index contributed by atoms with van der Waals surface area (Å²) in [6.07, 6.45) is 5.56. The van der Waals surface area contributed by atoms with Gasteiger partial charge in [0.1, 0.15) is 12.0 Å². The number of nitro groups is 1. The van der Waals surface area contributed by atoms with Gasteiger partial charge in [0.05, 0.1) is 4.92 Å². The standard InChI is InChI=1S/C13H15N3O2/c17-16(18)9-3-4-10(14-6-9)15-13-11-7-1-2-8(5-7)12(11)13/h3-4,6-8,11-13H,1-2,5H2,(H,14,15). The fourth-order valence-corrected chi connectivity index (χ4v) is 4.27. The molecule has 0 amide bonds. The summed E-state index contributed by atoms with van der Waals surface area (Å²) in [5.41, 5.74) is 0.0524. The summed E-state index contributed by atoms with van der Waals surface area (Å²) in [7, 11) is 0. The maximum atomic E-state index is 10.5. The Hall–Kier alpha value is -1.65. The molecule has 1 N–H and O–H groups in total. The molecule has 2 bridgehead atoms. The SMILES string of the molecule is O=[N+]([O-])c1ccc(NC2C3C4CCC(C4)C23)nc1. The van der Waals surface area contributed by atoms with Gasteiger partial charge in [0.2, 0.25) is 0 Å². The highest BCUT2D eigenvalue weighted by Crippen LogP contribution is 2.66. The fourth-order valence-electron chi connectivity index (χ4n) is 4.27. The molecule has 4 unspecified atom stereocenters. The van der Waals surface area contributed by atoms with E-state index in [9.17, 15) is 10.1 Å². The number of fused-ring (bicyclic) bond motifs is 5. The number of aromatic nitrogens is 1. The number of pyridine rings is 1. The van der Waals surface area contributed by atoms with E-state index in [4.69, 9.17) is 0 Å². The third-order valence-corrected chi connectivity index (χ3v) is 5.01. The lowest BCUT2D eigenvalue weighted by molar-refractivity contribution is -0.385. The van der Waals surface area contributed by atoms with E-state index in [1.807, 2.05) is 0 Å². The molecule has 3 saturated carbocycles. The van der Waals surface area contributed by atoms with Crippen LogP contribution in [-0.2, 0) is 0 Å². The molecule has 0 aromatic carbocycles. The molecule has 94 valence electrons. The van der Waals surface area contributed by atoms with Crippen molar-refractivity contribution >= 4 is 11.5 Å². The van der Waals surface area contributed by atoms with E-state index in [-0.39, 0.29) is 5.69 Å². The number of hydrogen-bond acceptors (Lipinski definition) is 4. The summed E-state index contributed by atoms with van der Waals surface area (Å²) >= 11 is 0. The van der Waals surface area contributed by atoms with Crippen molar-refractivity contribution in [3.05, 3.63) is 28.4 Å². The molecule has 0 spiro atoms. The third kappa shape index (κ3) is 1.36. The van der Waals surface area contributed by atoms with Crippen LogP contribution in [0.25, 0.3) is 0 Å². The zero-order valence-corrected chi connectivity index (χ0v) is 9.95. The van der Waals surface area contributed by atoms with Crippen molar-refractivity contribution in [2.45, 2.75) is 25.3 Å². The van der Waals surface area contributed by atoms with Crippen molar-refractivity contribution in [1.29, 1.82) is 0 Å². The Balaban J connectivity index is 1.46.